The van der Waals surface area contributed by atoms with E-state index in [0.29, 0.717) is 6.42 Å². The molecule has 1 atom stereocenters. The maximum atomic E-state index is 11.8. The summed E-state index contributed by atoms with van der Waals surface area (Å²) in [6, 6.07) is 9.49. The summed E-state index contributed by atoms with van der Waals surface area (Å²) in [7, 11) is 0. The fourth-order valence-corrected chi connectivity index (χ4v) is 1.91. The van der Waals surface area contributed by atoms with Gasteiger partial charge in [-0.25, -0.2) is 0 Å². The van der Waals surface area contributed by atoms with E-state index in [2.05, 4.69) is 31.4 Å². The van der Waals surface area contributed by atoms with E-state index in [1.807, 2.05) is 30.3 Å². The van der Waals surface area contributed by atoms with Crippen LogP contribution in [0.25, 0.3) is 0 Å². The number of anilines is 1. The van der Waals surface area contributed by atoms with Crippen LogP contribution in [0.2, 0.25) is 0 Å². The molecule has 0 saturated heterocycles. The molecular weight excluding hydrogens is 240 g/mol. The van der Waals surface area contributed by atoms with Gasteiger partial charge in [-0.2, -0.15) is 0 Å². The van der Waals surface area contributed by atoms with Gasteiger partial charge in [0, 0.05) is 18.3 Å². The Labute approximate surface area is 115 Å². The van der Waals surface area contributed by atoms with Crippen LogP contribution in [-0.4, -0.2) is 30.2 Å². The summed E-state index contributed by atoms with van der Waals surface area (Å²) < 4.78 is 0. The van der Waals surface area contributed by atoms with Gasteiger partial charge in [-0.05, 0) is 24.0 Å². The lowest BCUT2D eigenvalue weighted by atomic mass is 9.85. The molecule has 0 spiro atoms. The molecule has 0 heterocycles. The van der Waals surface area contributed by atoms with E-state index < -0.39 is 0 Å². The first-order valence-corrected chi connectivity index (χ1v) is 6.62. The summed E-state index contributed by atoms with van der Waals surface area (Å²) in [5, 5.41) is 15.1. The first-order valence-electron chi connectivity index (χ1n) is 6.62. The molecule has 1 aromatic rings. The molecule has 0 saturated carbocycles. The smallest absolute Gasteiger partial charge is 0.238 e. The summed E-state index contributed by atoms with van der Waals surface area (Å²) in [4.78, 5) is 11.8. The number of aliphatic hydroxyl groups is 1. The van der Waals surface area contributed by atoms with Crippen LogP contribution in [0.4, 0.5) is 5.69 Å². The highest BCUT2D eigenvalue weighted by atomic mass is 16.3. The second-order valence-corrected chi connectivity index (χ2v) is 5.73. The van der Waals surface area contributed by atoms with Crippen molar-refractivity contribution in [1.82, 2.24) is 5.32 Å². The van der Waals surface area contributed by atoms with Gasteiger partial charge < -0.3 is 15.7 Å². The molecule has 19 heavy (non-hydrogen) atoms. The maximum absolute atomic E-state index is 11.8. The van der Waals surface area contributed by atoms with E-state index in [4.69, 9.17) is 5.11 Å². The van der Waals surface area contributed by atoms with Crippen LogP contribution in [0.5, 0.6) is 0 Å². The molecule has 1 unspecified atom stereocenters. The minimum absolute atomic E-state index is 0.00968. The molecule has 0 aromatic heterocycles. The summed E-state index contributed by atoms with van der Waals surface area (Å²) in [6.07, 6.45) is 0.641. The number of amides is 1. The molecule has 4 nitrogen and oxygen atoms in total. The zero-order valence-electron chi connectivity index (χ0n) is 11.9. The van der Waals surface area contributed by atoms with Crippen molar-refractivity contribution in [2.75, 3.05) is 18.5 Å². The summed E-state index contributed by atoms with van der Waals surface area (Å²) in [6.45, 7) is 6.65. The van der Waals surface area contributed by atoms with E-state index >= 15 is 0 Å². The minimum atomic E-state index is -0.0709. The third-order valence-electron chi connectivity index (χ3n) is 3.03. The van der Waals surface area contributed by atoms with Crippen LogP contribution in [0.3, 0.4) is 0 Å². The number of aliphatic hydroxyl groups excluding tert-OH is 1. The first-order chi connectivity index (χ1) is 8.93. The maximum Gasteiger partial charge on any atom is 0.238 e. The fourth-order valence-electron chi connectivity index (χ4n) is 1.91. The topological polar surface area (TPSA) is 61.4 Å². The van der Waals surface area contributed by atoms with Crippen LogP contribution in [0.15, 0.2) is 30.3 Å². The number of hydrogen-bond donors (Lipinski definition) is 3. The van der Waals surface area contributed by atoms with Gasteiger partial charge in [0.2, 0.25) is 5.91 Å². The van der Waals surface area contributed by atoms with E-state index in [-0.39, 0.29) is 30.5 Å². The highest BCUT2D eigenvalue weighted by Crippen LogP contribution is 2.21. The normalized spacial score (nSPS) is 13.1. The lowest BCUT2D eigenvalue weighted by Crippen LogP contribution is -2.44. The van der Waals surface area contributed by atoms with E-state index in [1.165, 1.54) is 0 Å². The first kappa shape index (κ1) is 15.7. The van der Waals surface area contributed by atoms with E-state index in [9.17, 15) is 4.79 Å². The Morgan fingerprint density at radius 2 is 1.89 bits per heavy atom. The van der Waals surface area contributed by atoms with Gasteiger partial charge in [-0.3, -0.25) is 4.79 Å². The average molecular weight is 264 g/mol. The zero-order chi connectivity index (χ0) is 14.3. The Bertz CT molecular complexity index is 385. The summed E-state index contributed by atoms with van der Waals surface area (Å²) in [5.41, 5.74) is 0.805. The van der Waals surface area contributed by atoms with Crippen molar-refractivity contribution in [2.45, 2.75) is 33.2 Å². The van der Waals surface area contributed by atoms with Gasteiger partial charge >= 0.3 is 0 Å². The van der Waals surface area contributed by atoms with Crippen molar-refractivity contribution in [3.05, 3.63) is 30.3 Å². The molecule has 1 rings (SSSR count). The third kappa shape index (κ3) is 5.85. The number of nitrogens with one attached hydrogen (secondary N) is 2. The minimum Gasteiger partial charge on any atom is -0.396 e. The quantitative estimate of drug-likeness (QED) is 0.736. The molecule has 0 fully saturated rings. The van der Waals surface area contributed by atoms with Crippen LogP contribution in [0, 0.1) is 5.41 Å². The monoisotopic (exact) mass is 264 g/mol. The van der Waals surface area contributed by atoms with Gasteiger partial charge in [0.1, 0.15) is 0 Å². The number of benzene rings is 1. The molecule has 3 N–H and O–H groups in total. The predicted molar refractivity (Wildman–Crippen MR) is 78.0 cm³/mol. The van der Waals surface area contributed by atoms with Crippen molar-refractivity contribution in [1.29, 1.82) is 0 Å². The molecule has 1 aromatic carbocycles. The number of carbonyl (C=O) groups is 1. The van der Waals surface area contributed by atoms with Gasteiger partial charge in [-0.15, -0.1) is 0 Å². The summed E-state index contributed by atoms with van der Waals surface area (Å²) >= 11 is 0. The molecule has 0 aliphatic heterocycles. The lowest BCUT2D eigenvalue weighted by molar-refractivity contribution is -0.115. The van der Waals surface area contributed by atoms with Crippen LogP contribution in [-0.2, 0) is 4.79 Å². The van der Waals surface area contributed by atoms with Crippen molar-refractivity contribution in [3.63, 3.8) is 0 Å². The Morgan fingerprint density at radius 3 is 2.42 bits per heavy atom. The second kappa shape index (κ2) is 7.26. The molecule has 4 heteroatoms. The number of carbonyl (C=O) groups excluding carboxylic acids is 1. The Hall–Kier alpha value is -1.39. The second-order valence-electron chi connectivity index (χ2n) is 5.73. The van der Waals surface area contributed by atoms with Crippen molar-refractivity contribution >= 4 is 11.6 Å². The van der Waals surface area contributed by atoms with Gasteiger partial charge in [0.25, 0.3) is 0 Å². The Kier molecular flexibility index (Phi) is 5.99. The van der Waals surface area contributed by atoms with E-state index in [0.717, 1.165) is 5.69 Å². The molecular formula is C15H24N2O2. The largest absolute Gasteiger partial charge is 0.396 e. The van der Waals surface area contributed by atoms with Gasteiger partial charge in [0.15, 0.2) is 0 Å². The average Bonchev–Trinajstić information content (AvgIpc) is 2.34. The van der Waals surface area contributed by atoms with Gasteiger partial charge in [-0.1, -0.05) is 39.0 Å². The van der Waals surface area contributed by atoms with Gasteiger partial charge in [0.05, 0.1) is 6.54 Å². The highest BCUT2D eigenvalue weighted by Gasteiger charge is 2.24. The standard InChI is InChI=1S/C15H24N2O2/c1-15(2,3)13(9-10-18)16-11-14(19)17-12-7-5-4-6-8-12/h4-8,13,16,18H,9-11H2,1-3H3,(H,17,19). The van der Waals surface area contributed by atoms with Crippen molar-refractivity contribution in [2.24, 2.45) is 5.41 Å². The predicted octanol–water partition coefficient (Wildman–Crippen LogP) is 2.01. The van der Waals surface area contributed by atoms with Crippen molar-refractivity contribution in [3.8, 4) is 0 Å². The fraction of sp³-hybridized carbons (Fsp3) is 0.533. The molecule has 0 aliphatic carbocycles. The number of hydrogen-bond acceptors (Lipinski definition) is 3. The number of para-hydroxylation sites is 1. The molecule has 0 radical (unpaired) electrons. The molecule has 0 aliphatic rings. The Balaban J connectivity index is 2.44. The third-order valence-corrected chi connectivity index (χ3v) is 3.03. The van der Waals surface area contributed by atoms with Crippen LogP contribution >= 0.6 is 0 Å². The highest BCUT2D eigenvalue weighted by molar-refractivity contribution is 5.92. The Morgan fingerprint density at radius 1 is 1.26 bits per heavy atom. The summed E-state index contributed by atoms with van der Waals surface area (Å²) in [5.74, 6) is -0.0709. The lowest BCUT2D eigenvalue weighted by Gasteiger charge is -2.31. The zero-order valence-corrected chi connectivity index (χ0v) is 11.9. The SMILES string of the molecule is CC(C)(C)C(CCO)NCC(=O)Nc1ccccc1. The van der Waals surface area contributed by atoms with E-state index in [1.54, 1.807) is 0 Å². The van der Waals surface area contributed by atoms with Crippen LogP contribution < -0.4 is 10.6 Å². The van der Waals surface area contributed by atoms with Crippen molar-refractivity contribution < 1.29 is 9.90 Å². The molecule has 106 valence electrons. The van der Waals surface area contributed by atoms with Crippen LogP contribution in [0.1, 0.15) is 27.2 Å². The molecule has 1 amide bonds. The molecule has 0 bridgehead atoms. The number of rotatable bonds is 6.